The lowest BCUT2D eigenvalue weighted by Gasteiger charge is -2.15. The summed E-state index contributed by atoms with van der Waals surface area (Å²) in [7, 11) is 6.67. The highest BCUT2D eigenvalue weighted by Gasteiger charge is 2.07. The van der Waals surface area contributed by atoms with Gasteiger partial charge in [0.2, 0.25) is 5.91 Å². The molecule has 0 radical (unpaired) electrons. The standard InChI is InChI=1S/C10H20N2O3/c1-11(2)9(13)6-5-7-12(3)8-10(14)15-4/h5-8H2,1-4H3. The van der Waals surface area contributed by atoms with Gasteiger partial charge < -0.3 is 9.64 Å². The number of hydrogen-bond donors (Lipinski definition) is 0. The Hall–Kier alpha value is -1.10. The summed E-state index contributed by atoms with van der Waals surface area (Å²) < 4.78 is 4.53. The molecule has 5 heteroatoms. The van der Waals surface area contributed by atoms with Gasteiger partial charge in [0.1, 0.15) is 0 Å². The molecule has 0 atom stereocenters. The molecule has 0 fully saturated rings. The first-order valence-corrected chi connectivity index (χ1v) is 4.93. The summed E-state index contributed by atoms with van der Waals surface area (Å²) in [6, 6.07) is 0. The Morgan fingerprint density at radius 3 is 2.27 bits per heavy atom. The third kappa shape index (κ3) is 6.90. The zero-order valence-corrected chi connectivity index (χ0v) is 9.95. The third-order valence-corrected chi connectivity index (χ3v) is 2.06. The Balaban J connectivity index is 3.59. The van der Waals surface area contributed by atoms with Crippen molar-refractivity contribution in [1.82, 2.24) is 9.80 Å². The fourth-order valence-electron chi connectivity index (χ4n) is 1.09. The van der Waals surface area contributed by atoms with Gasteiger partial charge in [-0.3, -0.25) is 14.5 Å². The quantitative estimate of drug-likeness (QED) is 0.585. The summed E-state index contributed by atoms with van der Waals surface area (Å²) in [6.07, 6.45) is 1.27. The van der Waals surface area contributed by atoms with Gasteiger partial charge in [-0.25, -0.2) is 0 Å². The first-order chi connectivity index (χ1) is 6.97. The van der Waals surface area contributed by atoms with Gasteiger partial charge in [0.25, 0.3) is 0 Å². The van der Waals surface area contributed by atoms with Gasteiger partial charge in [0.15, 0.2) is 0 Å². The van der Waals surface area contributed by atoms with Crippen molar-refractivity contribution in [3.05, 3.63) is 0 Å². The van der Waals surface area contributed by atoms with Crippen LogP contribution in [0.2, 0.25) is 0 Å². The lowest BCUT2D eigenvalue weighted by molar-refractivity contribution is -0.141. The van der Waals surface area contributed by atoms with E-state index >= 15 is 0 Å². The number of carbonyl (C=O) groups is 2. The fraction of sp³-hybridized carbons (Fsp3) is 0.800. The predicted molar refractivity (Wildman–Crippen MR) is 57.4 cm³/mol. The van der Waals surface area contributed by atoms with Gasteiger partial charge in [0.05, 0.1) is 13.7 Å². The van der Waals surface area contributed by atoms with Gasteiger partial charge in [-0.05, 0) is 20.0 Å². The molecule has 0 saturated carbocycles. The first-order valence-electron chi connectivity index (χ1n) is 4.93. The molecule has 0 aromatic rings. The van der Waals surface area contributed by atoms with E-state index < -0.39 is 0 Å². The second kappa shape index (κ2) is 7.23. The normalized spacial score (nSPS) is 10.2. The molecule has 0 rings (SSSR count). The average Bonchev–Trinajstić information content (AvgIpc) is 2.17. The molecule has 0 N–H and O–H groups in total. The molecule has 88 valence electrons. The average molecular weight is 216 g/mol. The monoisotopic (exact) mass is 216 g/mol. The zero-order valence-electron chi connectivity index (χ0n) is 9.95. The SMILES string of the molecule is COC(=O)CN(C)CCCC(=O)N(C)C. The van der Waals surface area contributed by atoms with Crippen molar-refractivity contribution in [3.8, 4) is 0 Å². The van der Waals surface area contributed by atoms with E-state index in [1.165, 1.54) is 7.11 Å². The molecule has 0 spiro atoms. The van der Waals surface area contributed by atoms with Gasteiger partial charge in [-0.15, -0.1) is 0 Å². The number of carbonyl (C=O) groups excluding carboxylic acids is 2. The van der Waals surface area contributed by atoms with Crippen molar-refractivity contribution < 1.29 is 14.3 Å². The number of rotatable bonds is 6. The number of esters is 1. The van der Waals surface area contributed by atoms with Gasteiger partial charge in [0, 0.05) is 20.5 Å². The van der Waals surface area contributed by atoms with E-state index in [2.05, 4.69) is 4.74 Å². The summed E-state index contributed by atoms with van der Waals surface area (Å²) in [6.45, 7) is 0.987. The van der Waals surface area contributed by atoms with Crippen molar-refractivity contribution in [2.24, 2.45) is 0 Å². The van der Waals surface area contributed by atoms with Crippen molar-refractivity contribution in [1.29, 1.82) is 0 Å². The fourth-order valence-corrected chi connectivity index (χ4v) is 1.09. The highest BCUT2D eigenvalue weighted by Crippen LogP contribution is 1.96. The van der Waals surface area contributed by atoms with E-state index in [0.29, 0.717) is 13.0 Å². The number of hydrogen-bond acceptors (Lipinski definition) is 4. The van der Waals surface area contributed by atoms with Crippen LogP contribution < -0.4 is 0 Å². The lowest BCUT2D eigenvalue weighted by Crippen LogP contribution is -2.29. The Kier molecular flexibility index (Phi) is 6.70. The predicted octanol–water partition coefficient (Wildman–Crippen LogP) is -0.0404. The van der Waals surface area contributed by atoms with E-state index in [1.54, 1.807) is 19.0 Å². The topological polar surface area (TPSA) is 49.9 Å². The van der Waals surface area contributed by atoms with Gasteiger partial charge in [-0.2, -0.15) is 0 Å². The Morgan fingerprint density at radius 1 is 1.20 bits per heavy atom. The van der Waals surface area contributed by atoms with Crippen LogP contribution in [0.3, 0.4) is 0 Å². The molecule has 0 aromatic heterocycles. The summed E-state index contributed by atoms with van der Waals surface area (Å²) in [5.74, 6) is -0.141. The van der Waals surface area contributed by atoms with Gasteiger partial charge in [-0.1, -0.05) is 0 Å². The van der Waals surface area contributed by atoms with Crippen LogP contribution in [-0.2, 0) is 14.3 Å². The molecule has 5 nitrogen and oxygen atoms in total. The number of amides is 1. The molecular formula is C10H20N2O3. The molecule has 0 aromatic carbocycles. The van der Waals surface area contributed by atoms with E-state index in [9.17, 15) is 9.59 Å². The maximum Gasteiger partial charge on any atom is 0.319 e. The minimum atomic E-state index is -0.253. The Bertz CT molecular complexity index is 217. The molecule has 0 aliphatic carbocycles. The number of methoxy groups -OCH3 is 1. The Labute approximate surface area is 91.0 Å². The summed E-state index contributed by atoms with van der Waals surface area (Å²) in [4.78, 5) is 25.5. The smallest absolute Gasteiger partial charge is 0.319 e. The van der Waals surface area contributed by atoms with Crippen LogP contribution in [0, 0.1) is 0 Å². The minimum absolute atomic E-state index is 0.112. The molecule has 0 aliphatic heterocycles. The molecule has 0 aliphatic rings. The maximum atomic E-state index is 11.2. The van der Waals surface area contributed by atoms with Gasteiger partial charge >= 0.3 is 5.97 Å². The van der Waals surface area contributed by atoms with Crippen LogP contribution in [-0.4, -0.2) is 63.0 Å². The van der Waals surface area contributed by atoms with Crippen molar-refractivity contribution in [2.75, 3.05) is 41.3 Å². The first kappa shape index (κ1) is 13.9. The van der Waals surface area contributed by atoms with E-state index in [4.69, 9.17) is 0 Å². The van der Waals surface area contributed by atoms with E-state index in [0.717, 1.165) is 6.42 Å². The zero-order chi connectivity index (χ0) is 11.8. The molecule has 0 bridgehead atoms. The molecular weight excluding hydrogens is 196 g/mol. The molecule has 0 unspecified atom stereocenters. The van der Waals surface area contributed by atoms with Crippen LogP contribution in [0.4, 0.5) is 0 Å². The summed E-state index contributed by atoms with van der Waals surface area (Å²) >= 11 is 0. The minimum Gasteiger partial charge on any atom is -0.468 e. The number of ether oxygens (including phenoxy) is 1. The maximum absolute atomic E-state index is 11.2. The van der Waals surface area contributed by atoms with Crippen LogP contribution in [0.1, 0.15) is 12.8 Å². The second-order valence-electron chi connectivity index (χ2n) is 3.71. The van der Waals surface area contributed by atoms with Crippen LogP contribution in [0.15, 0.2) is 0 Å². The Morgan fingerprint density at radius 2 is 1.80 bits per heavy atom. The van der Waals surface area contributed by atoms with Crippen molar-refractivity contribution in [3.63, 3.8) is 0 Å². The summed E-state index contributed by atoms with van der Waals surface area (Å²) in [5.41, 5.74) is 0. The lowest BCUT2D eigenvalue weighted by atomic mass is 10.2. The number of nitrogens with zero attached hydrogens (tertiary/aromatic N) is 2. The summed E-state index contributed by atoms with van der Waals surface area (Å²) in [5, 5.41) is 0. The van der Waals surface area contributed by atoms with Crippen LogP contribution in [0.25, 0.3) is 0 Å². The second-order valence-corrected chi connectivity index (χ2v) is 3.71. The molecule has 0 saturated heterocycles. The third-order valence-electron chi connectivity index (χ3n) is 2.06. The molecule has 1 amide bonds. The van der Waals surface area contributed by atoms with Crippen molar-refractivity contribution in [2.45, 2.75) is 12.8 Å². The number of likely N-dealkylation sites (N-methyl/N-ethyl adjacent to an activating group) is 1. The highest BCUT2D eigenvalue weighted by atomic mass is 16.5. The van der Waals surface area contributed by atoms with E-state index in [-0.39, 0.29) is 18.4 Å². The molecule has 0 heterocycles. The largest absolute Gasteiger partial charge is 0.468 e. The van der Waals surface area contributed by atoms with Crippen LogP contribution in [0.5, 0.6) is 0 Å². The van der Waals surface area contributed by atoms with E-state index in [1.807, 2.05) is 11.9 Å². The van der Waals surface area contributed by atoms with Crippen LogP contribution >= 0.6 is 0 Å². The highest BCUT2D eigenvalue weighted by molar-refractivity contribution is 5.75. The van der Waals surface area contributed by atoms with Crippen molar-refractivity contribution >= 4 is 11.9 Å². The molecule has 15 heavy (non-hydrogen) atoms.